The zero-order valence-electron chi connectivity index (χ0n) is 15.4. The van der Waals surface area contributed by atoms with Crippen LogP contribution >= 0.6 is 0 Å². The topological polar surface area (TPSA) is 67.9 Å². The van der Waals surface area contributed by atoms with Crippen molar-refractivity contribution in [1.82, 2.24) is 10.2 Å². The molecule has 3 saturated heterocycles. The van der Waals surface area contributed by atoms with Crippen molar-refractivity contribution in [3.63, 3.8) is 0 Å². The third kappa shape index (κ3) is 3.10. The summed E-state index contributed by atoms with van der Waals surface area (Å²) in [6, 6.07) is 9.36. The van der Waals surface area contributed by atoms with Crippen molar-refractivity contribution in [3.05, 3.63) is 30.3 Å². The Morgan fingerprint density at radius 1 is 1.22 bits per heavy atom. The van der Waals surface area contributed by atoms with Gasteiger partial charge in [-0.2, -0.15) is 0 Å². The van der Waals surface area contributed by atoms with Crippen LogP contribution in [-0.4, -0.2) is 54.7 Å². The van der Waals surface area contributed by atoms with Gasteiger partial charge in [-0.05, 0) is 37.8 Å². The second-order valence-corrected chi connectivity index (χ2v) is 8.43. The molecule has 2 amide bonds. The van der Waals surface area contributed by atoms with Crippen LogP contribution in [0.25, 0.3) is 0 Å². The Morgan fingerprint density at radius 3 is 2.81 bits per heavy atom. The third-order valence-electron chi connectivity index (χ3n) is 6.67. The summed E-state index contributed by atoms with van der Waals surface area (Å²) < 4.78 is 11.9. The van der Waals surface area contributed by atoms with E-state index < -0.39 is 0 Å². The van der Waals surface area contributed by atoms with Gasteiger partial charge in [0, 0.05) is 30.8 Å². The molecule has 3 aliphatic heterocycles. The molecule has 0 aromatic heterocycles. The summed E-state index contributed by atoms with van der Waals surface area (Å²) in [6.45, 7) is 2.14. The Kier molecular flexibility index (Phi) is 4.11. The van der Waals surface area contributed by atoms with Gasteiger partial charge in [0.2, 0.25) is 5.91 Å². The standard InChI is InChI=1S/C21H26N2O4/c24-19(12-26-15-4-2-1-3-5-15)22-10-16-17-11-23(20(25)14-6-7-14)13-21(17)9-8-18(16)27-21/h1-5,14,16-18H,6-13H2,(H,22,24)/t16-,17+,18+,21+/m0/s1. The fourth-order valence-electron chi connectivity index (χ4n) is 5.17. The monoisotopic (exact) mass is 370 g/mol. The summed E-state index contributed by atoms with van der Waals surface area (Å²) in [6.07, 6.45) is 4.36. The molecule has 5 rings (SSSR count). The van der Waals surface area contributed by atoms with Crippen LogP contribution < -0.4 is 10.1 Å². The zero-order valence-corrected chi connectivity index (χ0v) is 15.4. The zero-order chi connectivity index (χ0) is 18.4. The van der Waals surface area contributed by atoms with Crippen LogP contribution in [0, 0.1) is 17.8 Å². The predicted octanol–water partition coefficient (Wildman–Crippen LogP) is 1.60. The van der Waals surface area contributed by atoms with Crippen molar-refractivity contribution in [2.24, 2.45) is 17.8 Å². The number of carbonyl (C=O) groups is 2. The van der Waals surface area contributed by atoms with Gasteiger partial charge in [0.1, 0.15) is 5.75 Å². The number of likely N-dealkylation sites (tertiary alicyclic amines) is 1. The molecule has 0 radical (unpaired) electrons. The minimum absolute atomic E-state index is 0.0182. The summed E-state index contributed by atoms with van der Waals surface area (Å²) in [7, 11) is 0. The molecule has 1 aliphatic carbocycles. The Hall–Kier alpha value is -2.08. The molecular formula is C21H26N2O4. The van der Waals surface area contributed by atoms with E-state index >= 15 is 0 Å². The molecule has 3 heterocycles. The fourth-order valence-corrected chi connectivity index (χ4v) is 5.17. The van der Waals surface area contributed by atoms with E-state index in [1.165, 1.54) is 0 Å². The van der Waals surface area contributed by atoms with E-state index in [1.807, 2.05) is 35.2 Å². The highest BCUT2D eigenvalue weighted by atomic mass is 16.5. The highest BCUT2D eigenvalue weighted by Gasteiger charge is 2.63. The number of hydrogen-bond acceptors (Lipinski definition) is 4. The van der Waals surface area contributed by atoms with Gasteiger partial charge in [0.05, 0.1) is 18.2 Å². The van der Waals surface area contributed by atoms with E-state index in [-0.39, 0.29) is 36.1 Å². The molecule has 1 aromatic rings. The number of ether oxygens (including phenoxy) is 2. The average Bonchev–Trinajstić information content (AvgIpc) is 3.26. The number of carbonyl (C=O) groups excluding carboxylic acids is 2. The maximum atomic E-state index is 12.5. The Bertz CT molecular complexity index is 735. The molecule has 4 atom stereocenters. The van der Waals surface area contributed by atoms with E-state index in [4.69, 9.17) is 9.47 Å². The van der Waals surface area contributed by atoms with Crippen LogP contribution in [-0.2, 0) is 14.3 Å². The van der Waals surface area contributed by atoms with Crippen molar-refractivity contribution >= 4 is 11.8 Å². The van der Waals surface area contributed by atoms with Crippen molar-refractivity contribution < 1.29 is 19.1 Å². The number of amides is 2. The first-order valence-corrected chi connectivity index (χ1v) is 10.1. The summed E-state index contributed by atoms with van der Waals surface area (Å²) in [4.78, 5) is 26.7. The second-order valence-electron chi connectivity index (χ2n) is 8.43. The minimum atomic E-state index is -0.162. The summed E-state index contributed by atoms with van der Waals surface area (Å²) >= 11 is 0. The van der Waals surface area contributed by atoms with Gasteiger partial charge in [-0.25, -0.2) is 0 Å². The van der Waals surface area contributed by atoms with E-state index in [2.05, 4.69) is 5.32 Å². The number of para-hydroxylation sites is 1. The van der Waals surface area contributed by atoms with Crippen LogP contribution in [0.3, 0.4) is 0 Å². The molecule has 144 valence electrons. The Morgan fingerprint density at radius 2 is 2.04 bits per heavy atom. The lowest BCUT2D eigenvalue weighted by atomic mass is 9.73. The first-order valence-electron chi connectivity index (χ1n) is 10.1. The highest BCUT2D eigenvalue weighted by Crippen LogP contribution is 2.55. The molecule has 1 spiro atoms. The number of hydrogen-bond donors (Lipinski definition) is 1. The minimum Gasteiger partial charge on any atom is -0.484 e. The number of rotatable bonds is 6. The van der Waals surface area contributed by atoms with Crippen LogP contribution in [0.4, 0.5) is 0 Å². The molecule has 2 bridgehead atoms. The summed E-state index contributed by atoms with van der Waals surface area (Å²) in [5.41, 5.74) is -0.162. The van der Waals surface area contributed by atoms with Gasteiger partial charge in [-0.15, -0.1) is 0 Å². The van der Waals surface area contributed by atoms with E-state index in [0.717, 1.165) is 38.8 Å². The van der Waals surface area contributed by atoms with Crippen LogP contribution in [0.2, 0.25) is 0 Å². The number of benzene rings is 1. The molecule has 1 N–H and O–H groups in total. The van der Waals surface area contributed by atoms with Crippen LogP contribution in [0.1, 0.15) is 25.7 Å². The predicted molar refractivity (Wildman–Crippen MR) is 98.1 cm³/mol. The molecule has 27 heavy (non-hydrogen) atoms. The average molecular weight is 370 g/mol. The maximum absolute atomic E-state index is 12.5. The second kappa shape index (κ2) is 6.51. The number of nitrogens with one attached hydrogen (secondary N) is 1. The van der Waals surface area contributed by atoms with Crippen molar-refractivity contribution in [3.8, 4) is 5.75 Å². The van der Waals surface area contributed by atoms with E-state index in [0.29, 0.717) is 24.1 Å². The van der Waals surface area contributed by atoms with Gasteiger partial charge in [0.15, 0.2) is 6.61 Å². The smallest absolute Gasteiger partial charge is 0.257 e. The van der Waals surface area contributed by atoms with Crippen molar-refractivity contribution in [2.75, 3.05) is 26.2 Å². The van der Waals surface area contributed by atoms with E-state index in [1.54, 1.807) is 0 Å². The first-order chi connectivity index (χ1) is 13.1. The largest absolute Gasteiger partial charge is 0.484 e. The molecule has 4 aliphatic rings. The molecule has 0 unspecified atom stereocenters. The summed E-state index contributed by atoms with van der Waals surface area (Å²) in [5, 5.41) is 3.02. The maximum Gasteiger partial charge on any atom is 0.257 e. The van der Waals surface area contributed by atoms with Crippen LogP contribution in [0.5, 0.6) is 5.75 Å². The lowest BCUT2D eigenvalue weighted by Gasteiger charge is -2.29. The van der Waals surface area contributed by atoms with Gasteiger partial charge >= 0.3 is 0 Å². The van der Waals surface area contributed by atoms with Crippen LogP contribution in [0.15, 0.2) is 30.3 Å². The lowest BCUT2D eigenvalue weighted by molar-refractivity contribution is -0.133. The molecule has 6 nitrogen and oxygen atoms in total. The number of fused-ring (bicyclic) bond motifs is 1. The van der Waals surface area contributed by atoms with E-state index in [9.17, 15) is 9.59 Å². The normalized spacial score (nSPS) is 33.8. The first kappa shape index (κ1) is 17.0. The molecule has 6 heteroatoms. The van der Waals surface area contributed by atoms with Crippen molar-refractivity contribution in [1.29, 1.82) is 0 Å². The Labute approximate surface area is 159 Å². The lowest BCUT2D eigenvalue weighted by Crippen LogP contribution is -2.42. The summed E-state index contributed by atoms with van der Waals surface area (Å²) in [5.74, 6) is 1.78. The third-order valence-corrected chi connectivity index (χ3v) is 6.67. The highest BCUT2D eigenvalue weighted by molar-refractivity contribution is 5.81. The fraction of sp³-hybridized carbons (Fsp3) is 0.619. The van der Waals surface area contributed by atoms with Gasteiger partial charge in [-0.3, -0.25) is 9.59 Å². The van der Waals surface area contributed by atoms with Gasteiger partial charge < -0.3 is 19.7 Å². The molecule has 4 fully saturated rings. The van der Waals surface area contributed by atoms with Gasteiger partial charge in [-0.1, -0.05) is 18.2 Å². The molecular weight excluding hydrogens is 344 g/mol. The van der Waals surface area contributed by atoms with Crippen molar-refractivity contribution in [2.45, 2.75) is 37.4 Å². The van der Waals surface area contributed by atoms with Gasteiger partial charge in [0.25, 0.3) is 5.91 Å². The SMILES string of the molecule is O=C(COc1ccccc1)NC[C@H]1[C@H]2CN(C(=O)C3CC3)C[C@]23CC[C@H]1O3. The quantitative estimate of drug-likeness (QED) is 0.826. The Balaban J connectivity index is 1.16. The molecule has 1 saturated carbocycles. The number of nitrogens with zero attached hydrogens (tertiary/aromatic N) is 1. The molecule has 1 aromatic carbocycles.